The van der Waals surface area contributed by atoms with Crippen molar-refractivity contribution in [2.24, 2.45) is 5.92 Å². The Labute approximate surface area is 122 Å². The summed E-state index contributed by atoms with van der Waals surface area (Å²) in [5, 5.41) is 0. The van der Waals surface area contributed by atoms with Gasteiger partial charge in [-0.1, -0.05) is 18.7 Å². The molecule has 0 saturated heterocycles. The molecule has 0 amide bonds. The molecule has 1 aliphatic carbocycles. The van der Waals surface area contributed by atoms with Crippen LogP contribution in [0.15, 0.2) is 0 Å². The average molecular weight is 240 g/mol. The molecule has 0 spiro atoms. The van der Waals surface area contributed by atoms with E-state index in [9.17, 15) is 21.7 Å². The molecule has 7 heteroatoms. The molecular formula is C7H11BF5K. The van der Waals surface area contributed by atoms with E-state index in [0.717, 1.165) is 0 Å². The fourth-order valence-electron chi connectivity index (χ4n) is 1.85. The van der Waals surface area contributed by atoms with Gasteiger partial charge in [-0.3, -0.25) is 0 Å². The molecule has 1 atom stereocenters. The van der Waals surface area contributed by atoms with Crippen molar-refractivity contribution in [3.63, 3.8) is 0 Å². The summed E-state index contributed by atoms with van der Waals surface area (Å²) in [6.45, 7) is -4.91. The van der Waals surface area contributed by atoms with Gasteiger partial charge in [0.2, 0.25) is 5.92 Å². The Balaban J connectivity index is 0.00000169. The van der Waals surface area contributed by atoms with Crippen molar-refractivity contribution in [2.45, 2.75) is 37.9 Å². The Hall–Kier alpha value is 1.35. The van der Waals surface area contributed by atoms with E-state index >= 15 is 0 Å². The first-order valence-corrected chi connectivity index (χ1v) is 4.37. The first-order chi connectivity index (χ1) is 5.79. The van der Waals surface area contributed by atoms with E-state index in [1.54, 1.807) is 0 Å². The van der Waals surface area contributed by atoms with E-state index in [-0.39, 0.29) is 70.6 Å². The Morgan fingerprint density at radius 2 is 1.79 bits per heavy atom. The van der Waals surface area contributed by atoms with E-state index in [4.69, 9.17) is 0 Å². The van der Waals surface area contributed by atoms with Crippen LogP contribution in [0.25, 0.3) is 0 Å². The number of halogens is 5. The topological polar surface area (TPSA) is 0 Å². The summed E-state index contributed by atoms with van der Waals surface area (Å²) in [5.74, 6) is -3.73. The van der Waals surface area contributed by atoms with Gasteiger partial charge in [-0.15, -0.1) is 0 Å². The molecule has 0 bridgehead atoms. The first-order valence-electron chi connectivity index (χ1n) is 4.37. The zero-order chi connectivity index (χ0) is 10.1. The second kappa shape index (κ2) is 5.61. The maximum absolute atomic E-state index is 12.7. The van der Waals surface area contributed by atoms with Crippen molar-refractivity contribution in [3.05, 3.63) is 0 Å². The predicted molar refractivity (Wildman–Crippen MR) is 40.8 cm³/mol. The maximum atomic E-state index is 12.7. The molecule has 0 nitrogen and oxygen atoms in total. The molecule has 0 aromatic carbocycles. The van der Waals surface area contributed by atoms with E-state index in [0.29, 0.717) is 0 Å². The van der Waals surface area contributed by atoms with Crippen LogP contribution in [0.2, 0.25) is 6.32 Å². The normalized spacial score (nSPS) is 26.8. The van der Waals surface area contributed by atoms with Gasteiger partial charge in [0.15, 0.2) is 0 Å². The first kappa shape index (κ1) is 15.4. The van der Waals surface area contributed by atoms with E-state index in [2.05, 4.69) is 0 Å². The van der Waals surface area contributed by atoms with Crippen molar-refractivity contribution in [1.29, 1.82) is 0 Å². The third-order valence-electron chi connectivity index (χ3n) is 2.34. The molecule has 1 saturated carbocycles. The van der Waals surface area contributed by atoms with E-state index < -0.39 is 31.6 Å². The number of hydrogen-bond donors (Lipinski definition) is 0. The van der Waals surface area contributed by atoms with Crippen LogP contribution in [-0.4, -0.2) is 12.9 Å². The monoisotopic (exact) mass is 240 g/mol. The summed E-state index contributed by atoms with van der Waals surface area (Å²) in [4.78, 5) is 0. The van der Waals surface area contributed by atoms with Crippen molar-refractivity contribution in [1.82, 2.24) is 0 Å². The predicted octanol–water partition coefficient (Wildman–Crippen LogP) is 0.663. The third-order valence-corrected chi connectivity index (χ3v) is 2.34. The second-order valence-corrected chi connectivity index (χ2v) is 3.76. The molecule has 78 valence electrons. The summed E-state index contributed by atoms with van der Waals surface area (Å²) in [7, 11) is 0. The Morgan fingerprint density at radius 1 is 1.21 bits per heavy atom. The molecule has 1 aliphatic rings. The minimum atomic E-state index is -4.91. The molecule has 0 aromatic heterocycles. The molecular weight excluding hydrogens is 229 g/mol. The van der Waals surface area contributed by atoms with Crippen LogP contribution in [0, 0.1) is 5.92 Å². The van der Waals surface area contributed by atoms with Gasteiger partial charge in [-0.2, -0.15) is 0 Å². The van der Waals surface area contributed by atoms with Crippen LogP contribution in [0.1, 0.15) is 25.7 Å². The molecule has 0 radical (unpaired) electrons. The minimum Gasteiger partial charge on any atom is -0.449 e. The Bertz CT molecular complexity index is 179. The van der Waals surface area contributed by atoms with Gasteiger partial charge < -0.3 is 12.9 Å². The molecule has 0 aromatic rings. The van der Waals surface area contributed by atoms with Crippen LogP contribution >= 0.6 is 0 Å². The zero-order valence-electron chi connectivity index (χ0n) is 8.08. The summed E-state index contributed by atoms with van der Waals surface area (Å²) < 4.78 is 61.1. The van der Waals surface area contributed by atoms with Gasteiger partial charge in [-0.25, -0.2) is 8.78 Å². The van der Waals surface area contributed by atoms with Gasteiger partial charge in [0.05, 0.1) is 0 Å². The number of alkyl halides is 2. The quantitative estimate of drug-likeness (QED) is 0.491. The zero-order valence-corrected chi connectivity index (χ0v) is 11.2. The largest absolute Gasteiger partial charge is 1.00 e. The van der Waals surface area contributed by atoms with Crippen LogP contribution in [0.5, 0.6) is 0 Å². The molecule has 1 unspecified atom stereocenters. The fraction of sp³-hybridized carbons (Fsp3) is 1.00. The molecule has 1 rings (SSSR count). The minimum absolute atomic E-state index is 0. The SMILES string of the molecule is F[B-](F)(F)CC1CCCC(F)(F)C1.[K+]. The smallest absolute Gasteiger partial charge is 0.449 e. The van der Waals surface area contributed by atoms with Gasteiger partial charge >= 0.3 is 58.4 Å². The van der Waals surface area contributed by atoms with Crippen molar-refractivity contribution in [2.75, 3.05) is 0 Å². The van der Waals surface area contributed by atoms with E-state index in [1.165, 1.54) is 0 Å². The van der Waals surface area contributed by atoms with Crippen molar-refractivity contribution >= 4 is 6.98 Å². The van der Waals surface area contributed by atoms with E-state index in [1.807, 2.05) is 0 Å². The molecule has 0 N–H and O–H groups in total. The molecule has 0 heterocycles. The molecule has 14 heavy (non-hydrogen) atoms. The number of hydrogen-bond acceptors (Lipinski definition) is 0. The van der Waals surface area contributed by atoms with Crippen molar-refractivity contribution in [3.8, 4) is 0 Å². The standard InChI is InChI=1S/C7H11BF5.K/c9-7(10)3-1-2-6(4-7)5-8(11,12)13;/h6H,1-5H2;/q-1;+1. The summed E-state index contributed by atoms with van der Waals surface area (Å²) in [5.41, 5.74) is 0. The van der Waals surface area contributed by atoms with Crippen LogP contribution in [0.3, 0.4) is 0 Å². The van der Waals surface area contributed by atoms with Crippen molar-refractivity contribution < 1.29 is 73.1 Å². The Morgan fingerprint density at radius 3 is 2.21 bits per heavy atom. The van der Waals surface area contributed by atoms with Gasteiger partial charge in [0.25, 0.3) is 0 Å². The van der Waals surface area contributed by atoms with Gasteiger partial charge in [-0.05, 0) is 6.42 Å². The average Bonchev–Trinajstić information content (AvgIpc) is 1.79. The van der Waals surface area contributed by atoms with Crippen LogP contribution < -0.4 is 51.4 Å². The third kappa shape index (κ3) is 6.05. The fourth-order valence-corrected chi connectivity index (χ4v) is 1.85. The number of rotatable bonds is 2. The van der Waals surface area contributed by atoms with Gasteiger partial charge in [0.1, 0.15) is 0 Å². The van der Waals surface area contributed by atoms with Crippen LogP contribution in [0.4, 0.5) is 21.7 Å². The maximum Gasteiger partial charge on any atom is 1.00 e. The summed E-state index contributed by atoms with van der Waals surface area (Å²) in [6.07, 6.45) is -1.35. The summed E-state index contributed by atoms with van der Waals surface area (Å²) >= 11 is 0. The second-order valence-electron chi connectivity index (χ2n) is 3.76. The Kier molecular flexibility index (Phi) is 6.15. The van der Waals surface area contributed by atoms with Gasteiger partial charge in [0, 0.05) is 12.8 Å². The van der Waals surface area contributed by atoms with Crippen LogP contribution in [-0.2, 0) is 0 Å². The summed E-state index contributed by atoms with van der Waals surface area (Å²) in [6, 6.07) is 0. The molecule has 1 fully saturated rings. The molecule has 0 aliphatic heterocycles.